The molecule has 1 heterocycles. The fourth-order valence-electron chi connectivity index (χ4n) is 2.11. The molecule has 4 N–H and O–H groups in total. The van der Waals surface area contributed by atoms with E-state index < -0.39 is 35.3 Å². The molecule has 0 radical (unpaired) electrons. The smallest absolute Gasteiger partial charge is 0.417 e. The SMILES string of the molecule is NC(CCC(=O)Nc1ccc2c(C(F)(F)F)cc(=O)oc2c1)C(=O)O. The summed E-state index contributed by atoms with van der Waals surface area (Å²) in [5.74, 6) is -1.83. The Morgan fingerprint density at radius 3 is 2.56 bits per heavy atom. The van der Waals surface area contributed by atoms with Crippen molar-refractivity contribution in [1.29, 1.82) is 0 Å². The number of halogens is 3. The van der Waals surface area contributed by atoms with Crippen LogP contribution in [0.1, 0.15) is 18.4 Å². The van der Waals surface area contributed by atoms with Gasteiger partial charge < -0.3 is 20.6 Å². The van der Waals surface area contributed by atoms with Crippen molar-refractivity contribution >= 4 is 28.5 Å². The van der Waals surface area contributed by atoms with Crippen LogP contribution in [0.3, 0.4) is 0 Å². The van der Waals surface area contributed by atoms with E-state index in [1.54, 1.807) is 0 Å². The van der Waals surface area contributed by atoms with Crippen molar-refractivity contribution in [1.82, 2.24) is 0 Å². The number of carbonyl (C=O) groups is 2. The molecule has 25 heavy (non-hydrogen) atoms. The topological polar surface area (TPSA) is 123 Å². The Labute approximate surface area is 138 Å². The van der Waals surface area contributed by atoms with Gasteiger partial charge in [0.1, 0.15) is 11.6 Å². The van der Waals surface area contributed by atoms with E-state index in [1.807, 2.05) is 0 Å². The fraction of sp³-hybridized carbons (Fsp3) is 0.267. The number of hydrogen-bond acceptors (Lipinski definition) is 5. The van der Waals surface area contributed by atoms with Crippen LogP contribution in [0, 0.1) is 0 Å². The molecule has 0 spiro atoms. The summed E-state index contributed by atoms with van der Waals surface area (Å²) < 4.78 is 43.6. The maximum Gasteiger partial charge on any atom is 0.417 e. The molecule has 1 amide bonds. The molecule has 2 aromatic rings. The summed E-state index contributed by atoms with van der Waals surface area (Å²) in [7, 11) is 0. The minimum absolute atomic E-state index is 0.101. The normalized spacial score (nSPS) is 12.8. The van der Waals surface area contributed by atoms with E-state index in [1.165, 1.54) is 6.07 Å². The van der Waals surface area contributed by atoms with Crippen LogP contribution in [-0.4, -0.2) is 23.0 Å². The molecule has 1 atom stereocenters. The third-order valence-corrected chi connectivity index (χ3v) is 3.33. The van der Waals surface area contributed by atoms with Gasteiger partial charge in [-0.1, -0.05) is 0 Å². The van der Waals surface area contributed by atoms with Gasteiger partial charge >= 0.3 is 17.8 Å². The molecule has 1 unspecified atom stereocenters. The zero-order valence-corrected chi connectivity index (χ0v) is 12.6. The first-order valence-electron chi connectivity index (χ1n) is 7.01. The van der Waals surface area contributed by atoms with Crippen molar-refractivity contribution in [2.75, 3.05) is 5.32 Å². The Kier molecular flexibility index (Phi) is 5.12. The van der Waals surface area contributed by atoms with Crippen LogP contribution < -0.4 is 16.7 Å². The molecule has 1 aromatic carbocycles. The second kappa shape index (κ2) is 6.93. The first-order chi connectivity index (χ1) is 11.6. The van der Waals surface area contributed by atoms with E-state index in [-0.39, 0.29) is 29.5 Å². The highest BCUT2D eigenvalue weighted by Gasteiger charge is 2.33. The molecule has 134 valence electrons. The first-order valence-corrected chi connectivity index (χ1v) is 7.01. The number of carbonyl (C=O) groups excluding carboxylic acids is 1. The van der Waals surface area contributed by atoms with Crippen LogP contribution in [0.4, 0.5) is 18.9 Å². The number of carboxylic acid groups (broad SMARTS) is 1. The fourth-order valence-corrected chi connectivity index (χ4v) is 2.11. The number of hydrogen-bond donors (Lipinski definition) is 3. The highest BCUT2D eigenvalue weighted by atomic mass is 19.4. The summed E-state index contributed by atoms with van der Waals surface area (Å²) in [5.41, 5.74) is 2.73. The second-order valence-electron chi connectivity index (χ2n) is 5.22. The lowest BCUT2D eigenvalue weighted by atomic mass is 10.1. The van der Waals surface area contributed by atoms with Crippen molar-refractivity contribution in [2.24, 2.45) is 5.73 Å². The number of benzene rings is 1. The highest BCUT2D eigenvalue weighted by Crippen LogP contribution is 2.34. The van der Waals surface area contributed by atoms with Crippen molar-refractivity contribution in [3.63, 3.8) is 0 Å². The van der Waals surface area contributed by atoms with Crippen LogP contribution in [0.25, 0.3) is 11.0 Å². The van der Waals surface area contributed by atoms with Gasteiger partial charge in [-0.3, -0.25) is 9.59 Å². The molecule has 2 rings (SSSR count). The zero-order chi connectivity index (χ0) is 18.8. The van der Waals surface area contributed by atoms with E-state index >= 15 is 0 Å². The molecule has 0 aliphatic carbocycles. The maximum absolute atomic E-state index is 12.9. The number of anilines is 1. The molecule has 10 heteroatoms. The summed E-state index contributed by atoms with van der Waals surface area (Å²) in [6, 6.07) is 2.52. The summed E-state index contributed by atoms with van der Waals surface area (Å²) in [6.07, 6.45) is -5.04. The number of amides is 1. The lowest BCUT2D eigenvalue weighted by molar-refractivity contribution is -0.139. The lowest BCUT2D eigenvalue weighted by Gasteiger charge is -2.11. The van der Waals surface area contributed by atoms with E-state index in [4.69, 9.17) is 15.3 Å². The molecule has 0 saturated carbocycles. The number of carboxylic acids is 1. The van der Waals surface area contributed by atoms with Crippen LogP contribution in [-0.2, 0) is 15.8 Å². The summed E-state index contributed by atoms with van der Waals surface area (Å²) in [4.78, 5) is 33.6. The predicted octanol–water partition coefficient (Wildman–Crippen LogP) is 1.94. The van der Waals surface area contributed by atoms with Gasteiger partial charge in [0.25, 0.3) is 0 Å². The van der Waals surface area contributed by atoms with E-state index in [0.29, 0.717) is 6.07 Å². The number of aliphatic carboxylic acids is 1. The molecular weight excluding hydrogens is 345 g/mol. The van der Waals surface area contributed by atoms with Gasteiger partial charge in [0.2, 0.25) is 5.91 Å². The van der Waals surface area contributed by atoms with Gasteiger partial charge in [0.15, 0.2) is 0 Å². The van der Waals surface area contributed by atoms with E-state index in [2.05, 4.69) is 5.32 Å². The molecule has 7 nitrogen and oxygen atoms in total. The summed E-state index contributed by atoms with van der Waals surface area (Å²) in [6.45, 7) is 0. The Hall–Kier alpha value is -2.88. The molecule has 0 bridgehead atoms. The van der Waals surface area contributed by atoms with Gasteiger partial charge in [-0.05, 0) is 18.6 Å². The number of fused-ring (bicyclic) bond motifs is 1. The quantitative estimate of drug-likeness (QED) is 0.702. The molecule has 0 aliphatic rings. The summed E-state index contributed by atoms with van der Waals surface area (Å²) >= 11 is 0. The average molecular weight is 358 g/mol. The van der Waals surface area contributed by atoms with Crippen LogP contribution >= 0.6 is 0 Å². The van der Waals surface area contributed by atoms with Gasteiger partial charge in [-0.2, -0.15) is 13.2 Å². The molecular formula is C15H13F3N2O5. The zero-order valence-electron chi connectivity index (χ0n) is 12.6. The van der Waals surface area contributed by atoms with Gasteiger partial charge in [-0.15, -0.1) is 0 Å². The third-order valence-electron chi connectivity index (χ3n) is 3.33. The maximum atomic E-state index is 12.9. The lowest BCUT2D eigenvalue weighted by Crippen LogP contribution is -2.31. The first kappa shape index (κ1) is 18.5. The molecule has 0 saturated heterocycles. The Bertz CT molecular complexity index is 876. The molecule has 1 aromatic heterocycles. The molecule has 0 fully saturated rings. The van der Waals surface area contributed by atoms with E-state index in [9.17, 15) is 27.6 Å². The van der Waals surface area contributed by atoms with Crippen LogP contribution in [0.5, 0.6) is 0 Å². The Balaban J connectivity index is 2.23. The van der Waals surface area contributed by atoms with Gasteiger partial charge in [0, 0.05) is 29.6 Å². The number of alkyl halides is 3. The minimum atomic E-state index is -4.73. The minimum Gasteiger partial charge on any atom is -0.480 e. The van der Waals surface area contributed by atoms with Crippen LogP contribution in [0.2, 0.25) is 0 Å². The second-order valence-corrected chi connectivity index (χ2v) is 5.22. The standard InChI is InChI=1S/C15H13F3N2O5/c16-15(17,18)9-6-13(22)25-11-5-7(1-2-8(9)11)20-12(21)4-3-10(19)14(23)24/h1-2,5-6,10H,3-4,19H2,(H,20,21)(H,23,24). The summed E-state index contributed by atoms with van der Waals surface area (Å²) in [5, 5.41) is 10.7. The Morgan fingerprint density at radius 2 is 1.96 bits per heavy atom. The van der Waals surface area contributed by atoms with Gasteiger partial charge in [-0.25, -0.2) is 4.79 Å². The van der Waals surface area contributed by atoms with Gasteiger partial charge in [0.05, 0.1) is 5.56 Å². The van der Waals surface area contributed by atoms with Crippen LogP contribution in [0.15, 0.2) is 33.5 Å². The van der Waals surface area contributed by atoms with Crippen molar-refractivity contribution < 1.29 is 32.3 Å². The monoisotopic (exact) mass is 358 g/mol. The third kappa shape index (κ3) is 4.57. The average Bonchev–Trinajstić information content (AvgIpc) is 2.50. The van der Waals surface area contributed by atoms with Crippen molar-refractivity contribution in [2.45, 2.75) is 25.1 Å². The Morgan fingerprint density at radius 1 is 1.28 bits per heavy atom. The predicted molar refractivity (Wildman–Crippen MR) is 81.0 cm³/mol. The van der Waals surface area contributed by atoms with E-state index in [0.717, 1.165) is 12.1 Å². The number of nitrogens with one attached hydrogen (secondary N) is 1. The van der Waals surface area contributed by atoms with Crippen molar-refractivity contribution in [3.8, 4) is 0 Å². The largest absolute Gasteiger partial charge is 0.480 e. The number of nitrogens with two attached hydrogens (primary N) is 1. The highest BCUT2D eigenvalue weighted by molar-refractivity contribution is 5.94. The molecule has 0 aliphatic heterocycles. The van der Waals surface area contributed by atoms with Crippen molar-refractivity contribution in [3.05, 3.63) is 40.2 Å². The number of rotatable bonds is 5.